The Bertz CT molecular complexity index is 1310. The third-order valence-electron chi connectivity index (χ3n) is 9.74. The van der Waals surface area contributed by atoms with Crippen LogP contribution in [0.4, 0.5) is 5.82 Å². The van der Waals surface area contributed by atoms with Crippen molar-refractivity contribution in [2.45, 2.75) is 33.7 Å². The molecule has 1 aliphatic rings. The van der Waals surface area contributed by atoms with E-state index in [9.17, 15) is 4.79 Å². The molecule has 16 heteroatoms. The third kappa shape index (κ3) is 5.17. The van der Waals surface area contributed by atoms with Crippen LogP contribution in [0.3, 0.4) is 0 Å². The summed E-state index contributed by atoms with van der Waals surface area (Å²) in [6.45, 7) is 1.83. The zero-order chi connectivity index (χ0) is 28.1. The number of aryl methyl sites for hydroxylation is 1. The van der Waals surface area contributed by atoms with Crippen LogP contribution < -0.4 is 5.32 Å². The number of anilines is 1. The summed E-state index contributed by atoms with van der Waals surface area (Å²) in [6.07, 6.45) is 9.04. The van der Waals surface area contributed by atoms with E-state index < -0.39 is 0 Å². The van der Waals surface area contributed by atoms with Gasteiger partial charge in [-0.2, -0.15) is 5.10 Å². The summed E-state index contributed by atoms with van der Waals surface area (Å²) in [5.41, 5.74) is 2.79. The van der Waals surface area contributed by atoms with E-state index in [-0.39, 0.29) is 32.7 Å². The second-order valence-corrected chi connectivity index (χ2v) is 13.8. The first-order valence-electron chi connectivity index (χ1n) is 13.9. The molecule has 0 radical (unpaired) electrons. The maximum atomic E-state index is 13.3. The minimum absolute atomic E-state index is 0.0186. The number of likely N-dealkylation sites (tertiary alicyclic amines) is 1. The molecule has 0 spiro atoms. The van der Waals surface area contributed by atoms with Crippen LogP contribution in [-0.2, 0) is 11.8 Å². The molecule has 1 amide bonds. The molecule has 188 valence electrons. The number of nitrogens with zero attached hydrogens (tertiary/aromatic N) is 5. The van der Waals surface area contributed by atoms with Crippen LogP contribution in [0.15, 0.2) is 36.9 Å². The SMILES string of the molecule is BC(B)(B)C(B)(C(B)(B)B)C(B)(B)N1CCC(C(=O)Nc2cc3cc(-c4cnn(C)c4)cnc3cn2)CC1. The van der Waals surface area contributed by atoms with Gasteiger partial charge in [0.05, 0.1) is 65.0 Å². The predicted octanol–water partition coefficient (Wildman–Crippen LogP) is -5.66. The molecule has 1 saturated heterocycles. The second kappa shape index (κ2) is 10.1. The van der Waals surface area contributed by atoms with Crippen molar-refractivity contribution in [2.24, 2.45) is 13.0 Å². The Morgan fingerprint density at radius 3 is 2.08 bits per heavy atom. The Hall–Kier alpha value is -2.22. The Kier molecular flexibility index (Phi) is 7.63. The summed E-state index contributed by atoms with van der Waals surface area (Å²) in [7, 11) is 23.3. The highest BCUT2D eigenvalue weighted by Crippen LogP contribution is 2.61. The molecule has 0 atom stereocenters. The van der Waals surface area contributed by atoms with Crippen molar-refractivity contribution in [3.05, 3.63) is 36.9 Å². The number of piperidine rings is 1. The molecule has 0 aliphatic carbocycles. The molecule has 3 aromatic rings. The summed E-state index contributed by atoms with van der Waals surface area (Å²) < 4.78 is 1.77. The molecule has 1 N–H and O–H groups in total. The summed E-state index contributed by atoms with van der Waals surface area (Å²) in [4.78, 5) is 24.9. The van der Waals surface area contributed by atoms with E-state index in [1.54, 1.807) is 10.9 Å². The topological polar surface area (TPSA) is 75.9 Å². The highest BCUT2D eigenvalue weighted by Gasteiger charge is 2.56. The highest BCUT2D eigenvalue weighted by atomic mass is 16.1. The van der Waals surface area contributed by atoms with Gasteiger partial charge in [0.25, 0.3) is 0 Å². The molecule has 1 aliphatic heterocycles. The maximum absolute atomic E-state index is 13.3. The Morgan fingerprint density at radius 1 is 0.895 bits per heavy atom. The molecular formula is C22H37B9N6O. The number of hydrogen-bond donors (Lipinski definition) is 1. The van der Waals surface area contributed by atoms with Crippen molar-refractivity contribution in [1.82, 2.24) is 24.6 Å². The van der Waals surface area contributed by atoms with Crippen molar-refractivity contribution in [1.29, 1.82) is 0 Å². The molecule has 3 aromatic heterocycles. The van der Waals surface area contributed by atoms with Gasteiger partial charge in [0.1, 0.15) is 29.4 Å². The van der Waals surface area contributed by atoms with Crippen LogP contribution in [-0.4, -0.2) is 120 Å². The van der Waals surface area contributed by atoms with Crippen molar-refractivity contribution >= 4 is 93.2 Å². The van der Waals surface area contributed by atoms with E-state index in [0.29, 0.717) is 5.82 Å². The lowest BCUT2D eigenvalue weighted by molar-refractivity contribution is -0.121. The molecule has 38 heavy (non-hydrogen) atoms. The summed E-state index contributed by atoms with van der Waals surface area (Å²) in [5, 5.41) is 8.56. The summed E-state index contributed by atoms with van der Waals surface area (Å²) in [6, 6.07) is 3.98. The van der Waals surface area contributed by atoms with Crippen molar-refractivity contribution in [2.75, 3.05) is 18.4 Å². The van der Waals surface area contributed by atoms with Crippen LogP contribution in [0.5, 0.6) is 0 Å². The number of nitrogens with one attached hydrogen (secondary N) is 1. The highest BCUT2D eigenvalue weighted by molar-refractivity contribution is 6.71. The van der Waals surface area contributed by atoms with Crippen LogP contribution in [0.2, 0.25) is 15.5 Å². The van der Waals surface area contributed by atoms with Crippen LogP contribution >= 0.6 is 0 Å². The third-order valence-corrected chi connectivity index (χ3v) is 9.74. The monoisotopic (exact) mass is 500 g/mol. The number of aromatic nitrogens is 4. The standard InChI is InChI=1S/C22H37B9N6O/c1-36-11-15(9-34-36)14-6-13-7-17(33-10-16(13)32-8-14)35-18(38)12-2-4-37(5-3-12)22(30,31)19(23,20(24,25)26)21(27,28)29/h6-12H,2-5,23-31H2,1H3,(H,33,35,38). The molecule has 0 aromatic carbocycles. The molecule has 4 rings (SSSR count). The van der Waals surface area contributed by atoms with Gasteiger partial charge in [0.2, 0.25) is 5.91 Å². The quantitative estimate of drug-likeness (QED) is 0.329. The number of fused-ring (bicyclic) bond motifs is 1. The second-order valence-electron chi connectivity index (χ2n) is 13.8. The van der Waals surface area contributed by atoms with Gasteiger partial charge in [0, 0.05) is 41.9 Å². The first-order chi connectivity index (χ1) is 17.5. The lowest BCUT2D eigenvalue weighted by Gasteiger charge is -2.66. The van der Waals surface area contributed by atoms with Gasteiger partial charge < -0.3 is 10.2 Å². The first-order valence-corrected chi connectivity index (χ1v) is 13.9. The van der Waals surface area contributed by atoms with E-state index in [1.165, 1.54) is 0 Å². The number of amides is 1. The van der Waals surface area contributed by atoms with Gasteiger partial charge in [-0.3, -0.25) is 14.5 Å². The van der Waals surface area contributed by atoms with Gasteiger partial charge in [-0.25, -0.2) is 4.98 Å². The molecule has 1 fully saturated rings. The molecule has 0 unspecified atom stereocenters. The number of rotatable bonds is 7. The largest absolute Gasteiger partial charge is 0.313 e. The predicted molar refractivity (Wildman–Crippen MR) is 182 cm³/mol. The smallest absolute Gasteiger partial charge is 0.228 e. The number of carbonyl (C=O) groups excluding carboxylic acids is 1. The Balaban J connectivity index is 1.45. The molecule has 0 bridgehead atoms. The molecule has 0 saturated carbocycles. The average molecular weight is 499 g/mol. The molecule has 7 nitrogen and oxygen atoms in total. The Labute approximate surface area is 235 Å². The van der Waals surface area contributed by atoms with E-state index in [4.69, 9.17) is 0 Å². The number of carbonyl (C=O) groups is 1. The van der Waals surface area contributed by atoms with Crippen molar-refractivity contribution < 1.29 is 4.79 Å². The van der Waals surface area contributed by atoms with E-state index in [2.05, 4.69) is 102 Å². The van der Waals surface area contributed by atoms with Crippen LogP contribution in [0, 0.1) is 5.92 Å². The van der Waals surface area contributed by atoms with E-state index in [0.717, 1.165) is 48.0 Å². The maximum Gasteiger partial charge on any atom is 0.228 e. The number of pyridine rings is 2. The fraction of sp³-hybridized carbons (Fsp3) is 0.455. The van der Waals surface area contributed by atoms with Crippen molar-refractivity contribution in [3.63, 3.8) is 0 Å². The van der Waals surface area contributed by atoms with Gasteiger partial charge in [-0.15, -0.1) is 10.2 Å². The lowest BCUT2D eigenvalue weighted by Crippen LogP contribution is -2.67. The van der Waals surface area contributed by atoms with Crippen LogP contribution in [0.1, 0.15) is 12.8 Å². The lowest BCUT2D eigenvalue weighted by atomic mass is 9.09. The van der Waals surface area contributed by atoms with Crippen LogP contribution in [0.25, 0.3) is 22.0 Å². The van der Waals surface area contributed by atoms with Gasteiger partial charge >= 0.3 is 0 Å². The van der Waals surface area contributed by atoms with E-state index in [1.807, 2.05) is 31.7 Å². The minimum Gasteiger partial charge on any atom is -0.313 e. The fourth-order valence-corrected chi connectivity index (χ4v) is 7.03. The Morgan fingerprint density at radius 2 is 1.53 bits per heavy atom. The molecular weight excluding hydrogens is 462 g/mol. The average Bonchev–Trinajstić information content (AvgIpc) is 3.28. The summed E-state index contributed by atoms with van der Waals surface area (Å²) in [5.74, 6) is 0.610. The van der Waals surface area contributed by atoms with Gasteiger partial charge in [-0.1, -0.05) is 5.31 Å². The normalized spacial score (nSPS) is 16.4. The van der Waals surface area contributed by atoms with E-state index >= 15 is 0 Å². The minimum atomic E-state index is -0.0240. The molecule has 4 heterocycles. The summed E-state index contributed by atoms with van der Waals surface area (Å²) >= 11 is 0. The zero-order valence-electron chi connectivity index (χ0n) is 25.0. The number of hydrogen-bond acceptors (Lipinski definition) is 5. The van der Waals surface area contributed by atoms with Gasteiger partial charge in [0.15, 0.2) is 0 Å². The fourth-order valence-electron chi connectivity index (χ4n) is 7.03. The zero-order valence-corrected chi connectivity index (χ0v) is 25.0. The first kappa shape index (κ1) is 28.8. The van der Waals surface area contributed by atoms with Gasteiger partial charge in [-0.05, 0) is 43.4 Å². The van der Waals surface area contributed by atoms with Crippen molar-refractivity contribution in [3.8, 4) is 11.1 Å².